The lowest BCUT2D eigenvalue weighted by atomic mass is 9.85. The highest BCUT2D eigenvalue weighted by molar-refractivity contribution is 6.02. The van der Waals surface area contributed by atoms with E-state index in [2.05, 4.69) is 26.3 Å². The summed E-state index contributed by atoms with van der Waals surface area (Å²) < 4.78 is 0. The molecule has 1 fully saturated rings. The molecule has 2 heterocycles. The number of aromatic nitrogens is 1. The molecule has 12 heteroatoms. The molecule has 0 spiro atoms. The molecule has 288 valence electrons. The summed E-state index contributed by atoms with van der Waals surface area (Å²) in [7, 11) is 1.53. The average molecular weight is 747 g/mol. The first-order chi connectivity index (χ1) is 26.6. The van der Waals surface area contributed by atoms with E-state index < -0.39 is 12.1 Å². The molecule has 55 heavy (non-hydrogen) atoms. The molecule has 12 nitrogen and oxygen atoms in total. The summed E-state index contributed by atoms with van der Waals surface area (Å²) >= 11 is 0. The van der Waals surface area contributed by atoms with Crippen molar-refractivity contribution in [2.24, 2.45) is 5.92 Å². The van der Waals surface area contributed by atoms with E-state index in [-0.39, 0.29) is 48.3 Å². The maximum absolute atomic E-state index is 13.6. The minimum atomic E-state index is -0.719. The number of anilines is 1. The number of phenols is 1. The van der Waals surface area contributed by atoms with Gasteiger partial charge >= 0.3 is 0 Å². The van der Waals surface area contributed by atoms with Crippen LogP contribution in [0.1, 0.15) is 107 Å². The monoisotopic (exact) mass is 746 g/mol. The molecule has 1 aliphatic heterocycles. The Morgan fingerprint density at radius 3 is 2.56 bits per heavy atom. The van der Waals surface area contributed by atoms with Crippen molar-refractivity contribution >= 4 is 46.5 Å². The van der Waals surface area contributed by atoms with Crippen molar-refractivity contribution < 1.29 is 29.1 Å². The number of benzene rings is 3. The number of rotatable bonds is 15. The minimum absolute atomic E-state index is 0.00282. The fourth-order valence-corrected chi connectivity index (χ4v) is 7.94. The zero-order chi connectivity index (χ0) is 39.1. The van der Waals surface area contributed by atoms with Gasteiger partial charge in [-0.3, -0.25) is 24.2 Å². The molecule has 0 bridgehead atoms. The van der Waals surface area contributed by atoms with Gasteiger partial charge < -0.3 is 36.1 Å². The van der Waals surface area contributed by atoms with Gasteiger partial charge in [0.25, 0.3) is 11.8 Å². The van der Waals surface area contributed by atoms with Crippen molar-refractivity contribution in [3.63, 3.8) is 0 Å². The van der Waals surface area contributed by atoms with Gasteiger partial charge in [-0.2, -0.15) is 0 Å². The standard InChI is InChI=1S/C43H50N6O6/c1-4-9-37(51)48-38(33-22-26(2)31-13-7-20-45-39(31)40(33)52)28-10-5-11-29(23-28)41(53)47-30-18-16-27(17-19-30)24-46-35-14-6-12-32-34(35)25-49(43(32)55)36(15-8-21-50)42(54)44-3/h5-7,10-14,20-23,27,30,36,38,46,52H,4,8-9,15-19,24-25H2,1-3H3,(H,44,54)(H,47,53)(H,48,51). The van der Waals surface area contributed by atoms with E-state index in [9.17, 15) is 29.1 Å². The lowest BCUT2D eigenvalue weighted by Crippen LogP contribution is -2.46. The molecule has 2 unspecified atom stereocenters. The highest BCUT2D eigenvalue weighted by Gasteiger charge is 2.37. The van der Waals surface area contributed by atoms with Crippen LogP contribution >= 0.6 is 0 Å². The van der Waals surface area contributed by atoms with Crippen LogP contribution < -0.4 is 21.3 Å². The third kappa shape index (κ3) is 8.64. The zero-order valence-corrected chi connectivity index (χ0v) is 31.7. The zero-order valence-electron chi connectivity index (χ0n) is 31.7. The number of carbonyl (C=O) groups excluding carboxylic acids is 5. The van der Waals surface area contributed by atoms with E-state index in [1.165, 1.54) is 7.05 Å². The second kappa shape index (κ2) is 17.6. The van der Waals surface area contributed by atoms with E-state index in [1.807, 2.05) is 50.2 Å². The Hall–Kier alpha value is -5.78. The Labute approximate surface area is 321 Å². The Morgan fingerprint density at radius 2 is 1.82 bits per heavy atom. The van der Waals surface area contributed by atoms with Crippen LogP contribution in [0.4, 0.5) is 5.69 Å². The Kier molecular flexibility index (Phi) is 12.4. The summed E-state index contributed by atoms with van der Waals surface area (Å²) in [6.45, 7) is 4.88. The number of aryl methyl sites for hydroxylation is 1. The molecular formula is C43H50N6O6. The van der Waals surface area contributed by atoms with Crippen LogP contribution in [0, 0.1) is 12.8 Å². The molecule has 1 aliphatic carbocycles. The molecule has 2 atom stereocenters. The Balaban J connectivity index is 1.08. The number of aldehydes is 1. The first kappa shape index (κ1) is 38.9. The van der Waals surface area contributed by atoms with E-state index >= 15 is 0 Å². The smallest absolute Gasteiger partial charge is 0.255 e. The number of carbonyl (C=O) groups is 5. The highest BCUT2D eigenvalue weighted by atomic mass is 16.3. The van der Waals surface area contributed by atoms with Crippen LogP contribution in [0.15, 0.2) is 66.9 Å². The first-order valence-electron chi connectivity index (χ1n) is 19.2. The molecule has 6 rings (SSSR count). The molecule has 0 saturated heterocycles. The summed E-state index contributed by atoms with van der Waals surface area (Å²) in [6.07, 6.45) is 7.28. The fraction of sp³-hybridized carbons (Fsp3) is 0.395. The predicted octanol–water partition coefficient (Wildman–Crippen LogP) is 5.70. The van der Waals surface area contributed by atoms with Crippen molar-refractivity contribution in [3.8, 4) is 5.75 Å². The van der Waals surface area contributed by atoms with E-state index in [4.69, 9.17) is 0 Å². The maximum atomic E-state index is 13.6. The molecule has 2 aliphatic rings. The molecular weight excluding hydrogens is 697 g/mol. The van der Waals surface area contributed by atoms with Gasteiger partial charge in [-0.15, -0.1) is 0 Å². The SMILES string of the molecule is CCCC(=O)NC(c1cccc(C(=O)NC2CCC(CNc3cccc4c3CN(C(CCC=O)C(=O)NC)C4=O)CC2)c1)c1cc(C)c2cccnc2c1O. The Bertz CT molecular complexity index is 2080. The molecule has 1 aromatic heterocycles. The molecule has 5 N–H and O–H groups in total. The lowest BCUT2D eigenvalue weighted by molar-refractivity contribution is -0.125. The Morgan fingerprint density at radius 1 is 1.04 bits per heavy atom. The van der Waals surface area contributed by atoms with Gasteiger partial charge in [-0.05, 0) is 98.9 Å². The maximum Gasteiger partial charge on any atom is 0.255 e. The number of aromatic hydroxyl groups is 1. The van der Waals surface area contributed by atoms with Gasteiger partial charge in [0.05, 0.1) is 6.04 Å². The number of nitrogens with one attached hydrogen (secondary N) is 4. The number of hydrogen-bond acceptors (Lipinski definition) is 8. The summed E-state index contributed by atoms with van der Waals surface area (Å²) in [5.74, 6) is -0.484. The number of pyridine rings is 1. The minimum Gasteiger partial charge on any atom is -0.505 e. The second-order valence-electron chi connectivity index (χ2n) is 14.6. The summed E-state index contributed by atoms with van der Waals surface area (Å²) in [5.41, 5.74) is 5.32. The molecule has 0 radical (unpaired) electrons. The topological polar surface area (TPSA) is 170 Å². The van der Waals surface area contributed by atoms with Crippen molar-refractivity contribution in [2.75, 3.05) is 18.9 Å². The van der Waals surface area contributed by atoms with Crippen LogP contribution in [0.5, 0.6) is 5.75 Å². The van der Waals surface area contributed by atoms with E-state index in [0.29, 0.717) is 59.6 Å². The van der Waals surface area contributed by atoms with Crippen molar-refractivity contribution in [2.45, 2.75) is 89.9 Å². The summed E-state index contributed by atoms with van der Waals surface area (Å²) in [6, 6.07) is 17.0. The number of fused-ring (bicyclic) bond motifs is 2. The third-order valence-corrected chi connectivity index (χ3v) is 10.9. The van der Waals surface area contributed by atoms with E-state index in [1.54, 1.807) is 35.4 Å². The lowest BCUT2D eigenvalue weighted by Gasteiger charge is -2.30. The highest BCUT2D eigenvalue weighted by Crippen LogP contribution is 2.37. The van der Waals surface area contributed by atoms with E-state index in [0.717, 1.165) is 54.2 Å². The second-order valence-corrected chi connectivity index (χ2v) is 14.6. The molecule has 1 saturated carbocycles. The quantitative estimate of drug-likeness (QED) is 0.0965. The normalized spacial score (nSPS) is 17.6. The number of phenolic OH excluding ortho intramolecular Hbond substituents is 1. The van der Waals surface area contributed by atoms with Gasteiger partial charge in [0.2, 0.25) is 11.8 Å². The summed E-state index contributed by atoms with van der Waals surface area (Å²) in [5, 5.41) is 24.7. The average Bonchev–Trinajstić information content (AvgIpc) is 3.54. The summed E-state index contributed by atoms with van der Waals surface area (Å²) in [4.78, 5) is 69.5. The van der Waals surface area contributed by atoms with Gasteiger partial charge in [-0.1, -0.05) is 31.2 Å². The fourth-order valence-electron chi connectivity index (χ4n) is 7.94. The number of nitrogens with zero attached hydrogens (tertiary/aromatic N) is 2. The number of hydrogen-bond donors (Lipinski definition) is 5. The van der Waals surface area contributed by atoms with Crippen LogP contribution in [-0.2, 0) is 20.9 Å². The van der Waals surface area contributed by atoms with Crippen LogP contribution in [0.25, 0.3) is 10.9 Å². The molecule has 3 aromatic carbocycles. The van der Waals surface area contributed by atoms with Crippen LogP contribution in [0.2, 0.25) is 0 Å². The van der Waals surface area contributed by atoms with Crippen LogP contribution in [0.3, 0.4) is 0 Å². The van der Waals surface area contributed by atoms with Crippen LogP contribution in [-0.4, -0.2) is 70.6 Å². The van der Waals surface area contributed by atoms with Gasteiger partial charge in [0.1, 0.15) is 23.6 Å². The molecule has 4 amide bonds. The molecule has 4 aromatic rings. The van der Waals surface area contributed by atoms with Gasteiger partial charge in [0, 0.05) is 78.5 Å². The number of amides is 4. The van der Waals surface area contributed by atoms with Crippen molar-refractivity contribution in [3.05, 3.63) is 100 Å². The van der Waals surface area contributed by atoms with Gasteiger partial charge in [-0.25, -0.2) is 0 Å². The third-order valence-electron chi connectivity index (χ3n) is 10.9. The van der Waals surface area contributed by atoms with Crippen molar-refractivity contribution in [1.29, 1.82) is 0 Å². The van der Waals surface area contributed by atoms with Crippen molar-refractivity contribution in [1.82, 2.24) is 25.8 Å². The van der Waals surface area contributed by atoms with Gasteiger partial charge in [0.15, 0.2) is 0 Å². The largest absolute Gasteiger partial charge is 0.505 e. The number of likely N-dealkylation sites (N-methyl/N-ethyl adjacent to an activating group) is 1. The first-order valence-corrected chi connectivity index (χ1v) is 19.2. The predicted molar refractivity (Wildman–Crippen MR) is 211 cm³/mol.